The van der Waals surface area contributed by atoms with Crippen molar-refractivity contribution in [1.29, 1.82) is 5.41 Å². The zero-order valence-electron chi connectivity index (χ0n) is 22.2. The molecule has 0 aliphatic carbocycles. The molecule has 2 saturated heterocycles. The Morgan fingerprint density at radius 3 is 2.51 bits per heavy atom. The van der Waals surface area contributed by atoms with Crippen LogP contribution in [0.1, 0.15) is 29.8 Å². The summed E-state index contributed by atoms with van der Waals surface area (Å²) in [7, 11) is 0. The number of hydrogen-bond donors (Lipinski definition) is 2. The van der Waals surface area contributed by atoms with E-state index in [1.165, 1.54) is 12.7 Å². The molecule has 39 heavy (non-hydrogen) atoms. The third kappa shape index (κ3) is 7.15. The molecular weight excluding hydrogens is 492 g/mol. The Morgan fingerprint density at radius 2 is 1.77 bits per heavy atom. The number of rotatable bonds is 10. The topological polar surface area (TPSA) is 125 Å². The van der Waals surface area contributed by atoms with E-state index in [1.54, 1.807) is 6.07 Å². The molecule has 2 aliphatic heterocycles. The fourth-order valence-corrected chi connectivity index (χ4v) is 5.37. The van der Waals surface area contributed by atoms with E-state index in [0.29, 0.717) is 37.8 Å². The summed E-state index contributed by atoms with van der Waals surface area (Å²) in [5, 5.41) is 7.83. The molecule has 2 fully saturated rings. The Morgan fingerprint density at radius 1 is 1.00 bits per heavy atom. The number of carbonyl (C=O) groups is 1. The summed E-state index contributed by atoms with van der Waals surface area (Å²) in [6.07, 6.45) is 5.11. The van der Waals surface area contributed by atoms with Gasteiger partial charge in [-0.15, -0.1) is 0 Å². The van der Waals surface area contributed by atoms with E-state index in [0.717, 1.165) is 56.1 Å². The largest absolute Gasteiger partial charge is 0.384 e. The van der Waals surface area contributed by atoms with E-state index in [4.69, 9.17) is 15.9 Å². The van der Waals surface area contributed by atoms with Gasteiger partial charge in [-0.1, -0.05) is 42.5 Å². The van der Waals surface area contributed by atoms with E-state index in [9.17, 15) is 4.79 Å². The van der Waals surface area contributed by atoms with E-state index in [1.807, 2.05) is 46.2 Å². The van der Waals surface area contributed by atoms with Crippen LogP contribution in [0.3, 0.4) is 0 Å². The highest BCUT2D eigenvalue weighted by Crippen LogP contribution is 2.27. The number of likely N-dealkylation sites (tertiary alicyclic amines) is 1. The van der Waals surface area contributed by atoms with Crippen LogP contribution in [0.4, 0.5) is 10.5 Å². The van der Waals surface area contributed by atoms with Crippen molar-refractivity contribution in [3.8, 4) is 0 Å². The van der Waals surface area contributed by atoms with Gasteiger partial charge in [0, 0.05) is 36.8 Å². The van der Waals surface area contributed by atoms with Crippen LogP contribution in [-0.2, 0) is 17.9 Å². The number of nitrogen functional groups attached to an aromatic ring is 1. The van der Waals surface area contributed by atoms with Crippen molar-refractivity contribution in [1.82, 2.24) is 24.8 Å². The third-order valence-electron chi connectivity index (χ3n) is 7.45. The Balaban J connectivity index is 1.23. The number of urea groups is 1. The highest BCUT2D eigenvalue weighted by Gasteiger charge is 2.35. The van der Waals surface area contributed by atoms with E-state index >= 15 is 0 Å². The first-order valence-corrected chi connectivity index (χ1v) is 13.5. The molecule has 10 heteroatoms. The monoisotopic (exact) mass is 528 g/mol. The van der Waals surface area contributed by atoms with Crippen LogP contribution in [0.15, 0.2) is 67.3 Å². The van der Waals surface area contributed by atoms with Gasteiger partial charge in [0.25, 0.3) is 0 Å². The number of nitrogens with zero attached hydrogens (tertiary/aromatic N) is 6. The molecule has 1 atom stereocenters. The third-order valence-corrected chi connectivity index (χ3v) is 7.45. The maximum absolute atomic E-state index is 13.7. The molecule has 0 spiro atoms. The molecule has 2 aromatic carbocycles. The summed E-state index contributed by atoms with van der Waals surface area (Å²) in [6, 6.07) is 17.5. The number of ether oxygens (including phenoxy) is 1. The molecule has 1 aromatic heterocycles. The lowest BCUT2D eigenvalue weighted by atomic mass is 9.95. The van der Waals surface area contributed by atoms with Crippen molar-refractivity contribution in [2.75, 3.05) is 44.2 Å². The zero-order valence-corrected chi connectivity index (χ0v) is 22.2. The van der Waals surface area contributed by atoms with E-state index in [-0.39, 0.29) is 17.8 Å². The van der Waals surface area contributed by atoms with Crippen LogP contribution < -0.4 is 10.6 Å². The number of carbonyl (C=O) groups excluding carboxylic acids is 1. The molecule has 0 radical (unpaired) electrons. The van der Waals surface area contributed by atoms with Gasteiger partial charge >= 0.3 is 6.03 Å². The standard InChI is InChI=1S/C29H36N8O2/c30-28(31)25-7-4-8-26(13-25)37-16-24(19-39-18-23-5-2-1-3-6-23)15-36(29(37)38)14-22-9-11-35(12-10-22)17-27-33-20-32-21-34-27/h1-8,13,20-22,24H,9-12,14-19H2,(H3,30,31). The minimum Gasteiger partial charge on any atom is -0.384 e. The first-order valence-electron chi connectivity index (χ1n) is 13.5. The van der Waals surface area contributed by atoms with Crippen molar-refractivity contribution in [2.45, 2.75) is 26.0 Å². The van der Waals surface area contributed by atoms with E-state index < -0.39 is 0 Å². The van der Waals surface area contributed by atoms with Gasteiger partial charge < -0.3 is 15.4 Å². The second-order valence-corrected chi connectivity index (χ2v) is 10.4. The Kier molecular flexibility index (Phi) is 8.75. The molecule has 2 aliphatic rings. The lowest BCUT2D eigenvalue weighted by Gasteiger charge is -2.42. The number of hydrogen-bond acceptors (Lipinski definition) is 7. The van der Waals surface area contributed by atoms with Gasteiger partial charge in [-0.3, -0.25) is 15.2 Å². The number of amides is 2. The number of aromatic nitrogens is 3. The molecule has 1 unspecified atom stereocenters. The maximum atomic E-state index is 13.7. The Hall–Kier alpha value is -3.89. The predicted octanol–water partition coefficient (Wildman–Crippen LogP) is 3.14. The van der Waals surface area contributed by atoms with Gasteiger partial charge in [-0.25, -0.2) is 19.7 Å². The molecule has 3 heterocycles. The van der Waals surface area contributed by atoms with Crippen LogP contribution in [0, 0.1) is 17.2 Å². The highest BCUT2D eigenvalue weighted by atomic mass is 16.5. The number of amidine groups is 1. The lowest BCUT2D eigenvalue weighted by molar-refractivity contribution is 0.0642. The molecule has 3 aromatic rings. The van der Waals surface area contributed by atoms with Crippen molar-refractivity contribution >= 4 is 17.6 Å². The number of benzene rings is 2. The summed E-state index contributed by atoms with van der Waals surface area (Å²) >= 11 is 0. The number of nitrogens with one attached hydrogen (secondary N) is 1. The molecule has 0 bridgehead atoms. The number of anilines is 1. The summed E-state index contributed by atoms with van der Waals surface area (Å²) in [4.78, 5) is 32.3. The quantitative estimate of drug-likeness (QED) is 0.306. The summed E-state index contributed by atoms with van der Waals surface area (Å²) < 4.78 is 6.11. The second kappa shape index (κ2) is 12.8. The summed E-state index contributed by atoms with van der Waals surface area (Å²) in [5.41, 5.74) is 8.25. The smallest absolute Gasteiger partial charge is 0.324 e. The number of nitrogens with two attached hydrogens (primary N) is 1. The fraction of sp³-hybridized carbons (Fsp3) is 0.414. The fourth-order valence-electron chi connectivity index (χ4n) is 5.37. The molecule has 0 saturated carbocycles. The average molecular weight is 529 g/mol. The predicted molar refractivity (Wildman–Crippen MR) is 149 cm³/mol. The van der Waals surface area contributed by atoms with Gasteiger partial charge in [0.2, 0.25) is 0 Å². The average Bonchev–Trinajstić information content (AvgIpc) is 2.97. The molecule has 2 amide bonds. The van der Waals surface area contributed by atoms with Crippen LogP contribution >= 0.6 is 0 Å². The van der Waals surface area contributed by atoms with Crippen LogP contribution in [0.25, 0.3) is 0 Å². The molecule has 10 nitrogen and oxygen atoms in total. The van der Waals surface area contributed by atoms with Gasteiger partial charge in [0.15, 0.2) is 0 Å². The summed E-state index contributed by atoms with van der Waals surface area (Å²) in [5.74, 6) is 1.37. The lowest BCUT2D eigenvalue weighted by Crippen LogP contribution is -2.56. The summed E-state index contributed by atoms with van der Waals surface area (Å²) in [6.45, 7) is 5.68. The maximum Gasteiger partial charge on any atom is 0.324 e. The molecule has 5 rings (SSSR count). The highest BCUT2D eigenvalue weighted by molar-refractivity contribution is 5.98. The minimum absolute atomic E-state index is 0.00243. The van der Waals surface area contributed by atoms with Crippen molar-refractivity contribution in [2.24, 2.45) is 17.6 Å². The molecule has 204 valence electrons. The van der Waals surface area contributed by atoms with Gasteiger partial charge in [-0.05, 0) is 49.5 Å². The SMILES string of the molecule is N=C(N)c1cccc(N2CC(COCc3ccccc3)CN(CC3CCN(Cc4ncncn4)CC3)C2=O)c1. The van der Waals surface area contributed by atoms with Crippen molar-refractivity contribution in [3.05, 3.63) is 84.2 Å². The van der Waals surface area contributed by atoms with Gasteiger partial charge in [0.1, 0.15) is 24.3 Å². The van der Waals surface area contributed by atoms with Crippen LogP contribution in [0.2, 0.25) is 0 Å². The second-order valence-electron chi connectivity index (χ2n) is 10.4. The molecule has 3 N–H and O–H groups in total. The Bertz CT molecular complexity index is 1230. The number of piperidine rings is 1. The zero-order chi connectivity index (χ0) is 27.0. The molecular formula is C29H36N8O2. The Labute approximate surface area is 229 Å². The van der Waals surface area contributed by atoms with Gasteiger partial charge in [-0.2, -0.15) is 0 Å². The van der Waals surface area contributed by atoms with Gasteiger partial charge in [0.05, 0.1) is 19.8 Å². The van der Waals surface area contributed by atoms with Crippen molar-refractivity contribution in [3.63, 3.8) is 0 Å². The minimum atomic E-state index is -0.00941. The van der Waals surface area contributed by atoms with Crippen LogP contribution in [0.5, 0.6) is 0 Å². The first-order chi connectivity index (χ1) is 19.0. The first kappa shape index (κ1) is 26.7. The van der Waals surface area contributed by atoms with Crippen molar-refractivity contribution < 1.29 is 9.53 Å². The van der Waals surface area contributed by atoms with E-state index in [2.05, 4.69) is 32.0 Å². The normalized spacial score (nSPS) is 18.9. The van der Waals surface area contributed by atoms with Crippen LogP contribution in [-0.4, -0.2) is 75.9 Å².